The lowest BCUT2D eigenvalue weighted by Gasteiger charge is -2.26. The molecule has 0 unspecified atom stereocenters. The Morgan fingerprint density at radius 2 is 2.03 bits per heavy atom. The van der Waals surface area contributed by atoms with E-state index in [0.29, 0.717) is 13.0 Å². The first-order valence-corrected chi connectivity index (χ1v) is 11.4. The zero-order chi connectivity index (χ0) is 21.3. The van der Waals surface area contributed by atoms with Crippen molar-refractivity contribution in [3.8, 4) is 0 Å². The Labute approximate surface area is 171 Å². The number of morpholine rings is 1. The lowest BCUT2D eigenvalue weighted by Crippen LogP contribution is -2.38. The summed E-state index contributed by atoms with van der Waals surface area (Å²) in [6.45, 7) is 4.84. The van der Waals surface area contributed by atoms with Crippen LogP contribution in [-0.4, -0.2) is 76.3 Å². The van der Waals surface area contributed by atoms with Gasteiger partial charge in [-0.05, 0) is 25.5 Å². The summed E-state index contributed by atoms with van der Waals surface area (Å²) in [4.78, 5) is 24.6. The number of amides is 1. The molecule has 1 saturated heterocycles. The van der Waals surface area contributed by atoms with Crippen LogP contribution in [0.4, 0.5) is 11.4 Å². The molecule has 1 N–H and O–H groups in total. The number of nitro benzene ring substituents is 1. The average molecular weight is 429 g/mol. The first-order chi connectivity index (χ1) is 13.8. The van der Waals surface area contributed by atoms with Crippen molar-refractivity contribution in [3.05, 3.63) is 34.4 Å². The summed E-state index contributed by atoms with van der Waals surface area (Å²) in [6.07, 6.45) is 2.37. The Morgan fingerprint density at radius 3 is 2.69 bits per heavy atom. The standard InChI is InChI=1S/C18H28N4O6S/c1-29(26,27)21(16-5-2-6-17(15-16)22(24)25)10-3-7-18(23)19-8-4-9-20-11-13-28-14-12-20/h2,5-6,15H,3-4,7-14H2,1H3,(H,19,23). The van der Waals surface area contributed by atoms with Gasteiger partial charge in [0.1, 0.15) is 0 Å². The highest BCUT2D eigenvalue weighted by Crippen LogP contribution is 2.23. The zero-order valence-electron chi connectivity index (χ0n) is 16.6. The van der Waals surface area contributed by atoms with Crippen molar-refractivity contribution < 1.29 is 22.9 Å². The molecule has 10 nitrogen and oxygen atoms in total. The van der Waals surface area contributed by atoms with Gasteiger partial charge in [-0.2, -0.15) is 0 Å². The van der Waals surface area contributed by atoms with E-state index in [-0.39, 0.29) is 30.2 Å². The number of nitrogens with one attached hydrogen (secondary N) is 1. The van der Waals surface area contributed by atoms with Crippen LogP contribution in [0, 0.1) is 10.1 Å². The van der Waals surface area contributed by atoms with Crippen molar-refractivity contribution in [1.82, 2.24) is 10.2 Å². The van der Waals surface area contributed by atoms with Gasteiger partial charge in [-0.25, -0.2) is 8.42 Å². The molecule has 1 aliphatic heterocycles. The summed E-state index contributed by atoms with van der Waals surface area (Å²) in [6, 6.07) is 5.45. The molecular formula is C18H28N4O6S. The van der Waals surface area contributed by atoms with Crippen molar-refractivity contribution in [2.45, 2.75) is 19.3 Å². The Balaban J connectivity index is 1.77. The summed E-state index contributed by atoms with van der Waals surface area (Å²) >= 11 is 0. The van der Waals surface area contributed by atoms with E-state index >= 15 is 0 Å². The summed E-state index contributed by atoms with van der Waals surface area (Å²) in [7, 11) is -3.63. The third-order valence-corrected chi connectivity index (χ3v) is 5.76. The van der Waals surface area contributed by atoms with Gasteiger partial charge in [0.2, 0.25) is 15.9 Å². The Morgan fingerprint density at radius 1 is 1.31 bits per heavy atom. The van der Waals surface area contributed by atoms with Gasteiger partial charge in [-0.3, -0.25) is 24.1 Å². The Bertz CT molecular complexity index is 795. The number of carbonyl (C=O) groups excluding carboxylic acids is 1. The summed E-state index contributed by atoms with van der Waals surface area (Å²) in [5.74, 6) is -0.139. The zero-order valence-corrected chi connectivity index (χ0v) is 17.4. The third kappa shape index (κ3) is 7.95. The molecule has 1 aliphatic rings. The number of carbonyl (C=O) groups is 1. The Hall–Kier alpha value is -2.24. The normalized spacial score (nSPS) is 15.1. The first kappa shape index (κ1) is 23.0. The maximum atomic E-state index is 12.1. The maximum absolute atomic E-state index is 12.1. The third-order valence-electron chi connectivity index (χ3n) is 4.57. The highest BCUT2D eigenvalue weighted by Gasteiger charge is 2.20. The second-order valence-corrected chi connectivity index (χ2v) is 8.78. The van der Waals surface area contributed by atoms with E-state index in [1.54, 1.807) is 0 Å². The van der Waals surface area contributed by atoms with Crippen LogP contribution in [0.15, 0.2) is 24.3 Å². The average Bonchev–Trinajstić information content (AvgIpc) is 2.68. The molecule has 2 rings (SSSR count). The van der Waals surface area contributed by atoms with E-state index in [9.17, 15) is 23.3 Å². The lowest BCUT2D eigenvalue weighted by atomic mass is 10.2. The van der Waals surface area contributed by atoms with Crippen LogP contribution in [0.25, 0.3) is 0 Å². The summed E-state index contributed by atoms with van der Waals surface area (Å²) < 4.78 is 30.6. The number of non-ortho nitro benzene ring substituents is 1. The molecule has 29 heavy (non-hydrogen) atoms. The van der Waals surface area contributed by atoms with E-state index in [1.807, 2.05) is 0 Å². The predicted octanol–water partition coefficient (Wildman–Crippen LogP) is 0.980. The molecule has 0 bridgehead atoms. The van der Waals surface area contributed by atoms with Crippen LogP contribution < -0.4 is 9.62 Å². The largest absolute Gasteiger partial charge is 0.379 e. The lowest BCUT2D eigenvalue weighted by molar-refractivity contribution is -0.384. The minimum Gasteiger partial charge on any atom is -0.379 e. The highest BCUT2D eigenvalue weighted by molar-refractivity contribution is 7.92. The molecule has 0 aliphatic carbocycles. The SMILES string of the molecule is CS(=O)(=O)N(CCCC(=O)NCCCN1CCOCC1)c1cccc([N+](=O)[O-])c1. The van der Waals surface area contributed by atoms with E-state index in [2.05, 4.69) is 10.2 Å². The van der Waals surface area contributed by atoms with Gasteiger partial charge < -0.3 is 10.1 Å². The van der Waals surface area contributed by atoms with Crippen molar-refractivity contribution in [2.24, 2.45) is 0 Å². The molecule has 1 amide bonds. The molecule has 0 atom stereocenters. The molecule has 0 radical (unpaired) electrons. The molecule has 0 aromatic heterocycles. The monoisotopic (exact) mass is 428 g/mol. The molecule has 0 spiro atoms. The molecule has 1 fully saturated rings. The fourth-order valence-electron chi connectivity index (χ4n) is 3.07. The fraction of sp³-hybridized carbons (Fsp3) is 0.611. The van der Waals surface area contributed by atoms with Crippen LogP contribution >= 0.6 is 0 Å². The van der Waals surface area contributed by atoms with E-state index < -0.39 is 14.9 Å². The van der Waals surface area contributed by atoms with E-state index in [4.69, 9.17) is 4.74 Å². The van der Waals surface area contributed by atoms with Gasteiger partial charge >= 0.3 is 0 Å². The van der Waals surface area contributed by atoms with Crippen molar-refractivity contribution >= 4 is 27.3 Å². The molecule has 1 aromatic rings. The van der Waals surface area contributed by atoms with Gasteiger partial charge in [-0.1, -0.05) is 6.07 Å². The molecule has 1 heterocycles. The van der Waals surface area contributed by atoms with Crippen LogP contribution in [0.2, 0.25) is 0 Å². The number of hydrogen-bond acceptors (Lipinski definition) is 7. The van der Waals surface area contributed by atoms with E-state index in [1.165, 1.54) is 24.3 Å². The molecule has 11 heteroatoms. The van der Waals surface area contributed by atoms with Crippen molar-refractivity contribution in [1.29, 1.82) is 0 Å². The van der Waals surface area contributed by atoms with Crippen LogP contribution in [0.3, 0.4) is 0 Å². The van der Waals surface area contributed by atoms with Gasteiger partial charge in [0.25, 0.3) is 5.69 Å². The van der Waals surface area contributed by atoms with Crippen LogP contribution in [-0.2, 0) is 19.6 Å². The number of nitro groups is 1. The summed E-state index contributed by atoms with van der Waals surface area (Å²) in [5.41, 5.74) is 0.0294. The molecular weight excluding hydrogens is 400 g/mol. The van der Waals surface area contributed by atoms with Gasteiger partial charge in [0, 0.05) is 44.7 Å². The number of rotatable bonds is 11. The Kier molecular flexibility index (Phi) is 8.80. The van der Waals surface area contributed by atoms with E-state index in [0.717, 1.165) is 49.8 Å². The van der Waals surface area contributed by atoms with Gasteiger partial charge in [0.15, 0.2) is 0 Å². The molecule has 1 aromatic carbocycles. The number of nitrogens with zero attached hydrogens (tertiary/aromatic N) is 3. The molecule has 0 saturated carbocycles. The highest BCUT2D eigenvalue weighted by atomic mass is 32.2. The smallest absolute Gasteiger partial charge is 0.271 e. The second-order valence-electron chi connectivity index (χ2n) is 6.87. The van der Waals surface area contributed by atoms with Gasteiger partial charge in [-0.15, -0.1) is 0 Å². The number of ether oxygens (including phenoxy) is 1. The number of hydrogen-bond donors (Lipinski definition) is 1. The molecule has 162 valence electrons. The minimum atomic E-state index is -3.63. The van der Waals surface area contributed by atoms with Crippen molar-refractivity contribution in [2.75, 3.05) is 56.5 Å². The van der Waals surface area contributed by atoms with Crippen LogP contribution in [0.1, 0.15) is 19.3 Å². The minimum absolute atomic E-state index is 0.0706. The number of anilines is 1. The number of sulfonamides is 1. The quantitative estimate of drug-likeness (QED) is 0.317. The second kappa shape index (κ2) is 11.1. The summed E-state index contributed by atoms with van der Waals surface area (Å²) in [5, 5.41) is 13.8. The van der Waals surface area contributed by atoms with Crippen LogP contribution in [0.5, 0.6) is 0 Å². The van der Waals surface area contributed by atoms with Gasteiger partial charge in [0.05, 0.1) is 30.1 Å². The fourth-order valence-corrected chi connectivity index (χ4v) is 4.03. The predicted molar refractivity (Wildman–Crippen MR) is 109 cm³/mol. The topological polar surface area (TPSA) is 122 Å². The first-order valence-electron chi connectivity index (χ1n) is 9.56. The van der Waals surface area contributed by atoms with Crippen molar-refractivity contribution in [3.63, 3.8) is 0 Å². The maximum Gasteiger partial charge on any atom is 0.271 e. The number of benzene rings is 1.